The van der Waals surface area contributed by atoms with E-state index in [1.54, 1.807) is 18.2 Å². The molecule has 7 heteroatoms. The van der Waals surface area contributed by atoms with E-state index in [1.807, 2.05) is 26.8 Å². The molecular formula is C12H14N6S. The third kappa shape index (κ3) is 2.85. The Kier molecular flexibility index (Phi) is 3.44. The number of nitrogens with zero attached hydrogens (tertiary/aromatic N) is 5. The van der Waals surface area contributed by atoms with Crippen LogP contribution in [-0.2, 0) is 5.41 Å². The lowest BCUT2D eigenvalue weighted by atomic mass is 9.96. The molecule has 2 aromatic rings. The molecule has 0 fully saturated rings. The van der Waals surface area contributed by atoms with Crippen molar-refractivity contribution in [3.8, 4) is 6.07 Å². The molecule has 0 aliphatic rings. The highest BCUT2D eigenvalue weighted by Crippen LogP contribution is 2.27. The van der Waals surface area contributed by atoms with E-state index in [2.05, 4.69) is 15.2 Å². The van der Waals surface area contributed by atoms with Crippen molar-refractivity contribution in [2.24, 2.45) is 0 Å². The number of aromatic nitrogens is 4. The number of hydrogen-bond acceptors (Lipinski definition) is 6. The number of rotatable bonds is 2. The zero-order valence-electron chi connectivity index (χ0n) is 11.0. The van der Waals surface area contributed by atoms with Gasteiger partial charge in [-0.15, -0.1) is 10.2 Å². The molecular weight excluding hydrogens is 260 g/mol. The van der Waals surface area contributed by atoms with Crippen molar-refractivity contribution < 1.29 is 0 Å². The van der Waals surface area contributed by atoms with E-state index in [1.165, 1.54) is 16.4 Å². The van der Waals surface area contributed by atoms with E-state index in [4.69, 9.17) is 11.1 Å². The van der Waals surface area contributed by atoms with Crippen LogP contribution < -0.4 is 5.84 Å². The van der Waals surface area contributed by atoms with Crippen LogP contribution >= 0.6 is 11.8 Å². The molecule has 0 atom stereocenters. The zero-order chi connectivity index (χ0) is 14.0. The van der Waals surface area contributed by atoms with Crippen LogP contribution in [0.1, 0.15) is 32.3 Å². The first-order chi connectivity index (χ1) is 8.91. The molecule has 0 aromatic carbocycles. The van der Waals surface area contributed by atoms with Gasteiger partial charge in [-0.2, -0.15) is 5.26 Å². The lowest BCUT2D eigenvalue weighted by Crippen LogP contribution is -2.24. The van der Waals surface area contributed by atoms with Crippen molar-refractivity contribution in [1.29, 1.82) is 5.26 Å². The number of pyridine rings is 1. The van der Waals surface area contributed by atoms with Crippen LogP contribution in [0.4, 0.5) is 0 Å². The monoisotopic (exact) mass is 274 g/mol. The van der Waals surface area contributed by atoms with E-state index in [-0.39, 0.29) is 5.41 Å². The summed E-state index contributed by atoms with van der Waals surface area (Å²) in [6.07, 6.45) is 0. The lowest BCUT2D eigenvalue weighted by molar-refractivity contribution is 0.523. The summed E-state index contributed by atoms with van der Waals surface area (Å²) in [5.74, 6) is 6.69. The Hall–Kier alpha value is -2.07. The van der Waals surface area contributed by atoms with E-state index in [0.29, 0.717) is 21.7 Å². The first kappa shape index (κ1) is 13.4. The molecule has 19 heavy (non-hydrogen) atoms. The summed E-state index contributed by atoms with van der Waals surface area (Å²) < 4.78 is 1.46. The molecule has 2 N–H and O–H groups in total. The Morgan fingerprint density at radius 3 is 2.63 bits per heavy atom. The quantitative estimate of drug-likeness (QED) is 0.838. The van der Waals surface area contributed by atoms with E-state index in [9.17, 15) is 0 Å². The first-order valence-corrected chi connectivity index (χ1v) is 6.49. The second kappa shape index (κ2) is 4.90. The van der Waals surface area contributed by atoms with Crippen molar-refractivity contribution in [2.75, 3.05) is 5.84 Å². The minimum Gasteiger partial charge on any atom is -0.336 e. The van der Waals surface area contributed by atoms with Crippen molar-refractivity contribution >= 4 is 11.8 Å². The Morgan fingerprint density at radius 2 is 2.05 bits per heavy atom. The maximum absolute atomic E-state index is 8.81. The van der Waals surface area contributed by atoms with Gasteiger partial charge in [0, 0.05) is 5.41 Å². The molecule has 2 heterocycles. The predicted molar refractivity (Wildman–Crippen MR) is 71.9 cm³/mol. The fourth-order valence-electron chi connectivity index (χ4n) is 1.49. The predicted octanol–water partition coefficient (Wildman–Crippen LogP) is 1.71. The van der Waals surface area contributed by atoms with Crippen molar-refractivity contribution in [2.45, 2.75) is 36.4 Å². The average Bonchev–Trinajstić information content (AvgIpc) is 2.71. The number of nitriles is 1. The van der Waals surface area contributed by atoms with E-state index >= 15 is 0 Å². The van der Waals surface area contributed by atoms with Crippen LogP contribution in [0.3, 0.4) is 0 Å². The summed E-state index contributed by atoms with van der Waals surface area (Å²) >= 11 is 1.28. The van der Waals surface area contributed by atoms with Gasteiger partial charge in [0.05, 0.1) is 0 Å². The summed E-state index contributed by atoms with van der Waals surface area (Å²) in [7, 11) is 0. The molecule has 0 saturated heterocycles. The normalized spacial score (nSPS) is 11.3. The SMILES string of the molecule is CC(C)(C)c1nnc(Sc2cccc(C#N)n2)n1N. The highest BCUT2D eigenvalue weighted by atomic mass is 32.2. The van der Waals surface area contributed by atoms with Gasteiger partial charge in [0.2, 0.25) is 5.16 Å². The molecule has 98 valence electrons. The summed E-state index contributed by atoms with van der Waals surface area (Å²) in [5.41, 5.74) is 0.187. The Morgan fingerprint density at radius 1 is 1.32 bits per heavy atom. The Labute approximate surface area is 115 Å². The summed E-state index contributed by atoms with van der Waals surface area (Å²) in [5, 5.41) is 18.2. The topological polar surface area (TPSA) is 93.4 Å². The minimum atomic E-state index is -0.178. The van der Waals surface area contributed by atoms with Gasteiger partial charge in [0.15, 0.2) is 5.82 Å². The highest BCUT2D eigenvalue weighted by Gasteiger charge is 2.23. The third-order valence-corrected chi connectivity index (χ3v) is 3.27. The largest absolute Gasteiger partial charge is 0.336 e. The number of hydrogen-bond donors (Lipinski definition) is 1. The Balaban J connectivity index is 2.30. The number of nitrogen functional groups attached to an aromatic ring is 1. The molecule has 0 bridgehead atoms. The lowest BCUT2D eigenvalue weighted by Gasteiger charge is -2.16. The molecule has 0 radical (unpaired) electrons. The maximum Gasteiger partial charge on any atom is 0.216 e. The van der Waals surface area contributed by atoms with Crippen LogP contribution in [0, 0.1) is 11.3 Å². The smallest absolute Gasteiger partial charge is 0.216 e. The molecule has 2 aromatic heterocycles. The second-order valence-electron chi connectivity index (χ2n) is 5.00. The fraction of sp³-hybridized carbons (Fsp3) is 0.333. The fourth-order valence-corrected chi connectivity index (χ4v) is 2.23. The number of nitrogens with two attached hydrogens (primary N) is 1. The van der Waals surface area contributed by atoms with Crippen molar-refractivity contribution in [3.05, 3.63) is 29.7 Å². The zero-order valence-corrected chi connectivity index (χ0v) is 11.8. The highest BCUT2D eigenvalue weighted by molar-refractivity contribution is 7.99. The molecule has 0 spiro atoms. The molecule has 0 amide bonds. The van der Waals surface area contributed by atoms with Gasteiger partial charge in [0.25, 0.3) is 0 Å². The molecule has 0 unspecified atom stereocenters. The van der Waals surface area contributed by atoms with Crippen molar-refractivity contribution in [1.82, 2.24) is 19.9 Å². The molecule has 0 saturated carbocycles. The summed E-state index contributed by atoms with van der Waals surface area (Å²) in [6.45, 7) is 6.05. The van der Waals surface area contributed by atoms with Crippen LogP contribution in [-0.4, -0.2) is 19.9 Å². The second-order valence-corrected chi connectivity index (χ2v) is 5.99. The van der Waals surface area contributed by atoms with Gasteiger partial charge in [-0.25, -0.2) is 9.66 Å². The van der Waals surface area contributed by atoms with E-state index < -0.39 is 0 Å². The van der Waals surface area contributed by atoms with Gasteiger partial charge in [0.1, 0.15) is 16.8 Å². The molecule has 0 aliphatic carbocycles. The van der Waals surface area contributed by atoms with Crippen LogP contribution in [0.5, 0.6) is 0 Å². The van der Waals surface area contributed by atoms with Gasteiger partial charge < -0.3 is 5.84 Å². The molecule has 6 nitrogen and oxygen atoms in total. The molecule has 2 rings (SSSR count). The minimum absolute atomic E-state index is 0.178. The van der Waals surface area contributed by atoms with Gasteiger partial charge in [-0.3, -0.25) is 0 Å². The van der Waals surface area contributed by atoms with Gasteiger partial charge in [-0.05, 0) is 23.9 Å². The standard InChI is InChI=1S/C12H14N6S/c1-12(2,3)10-16-17-11(18(10)14)19-9-6-4-5-8(7-13)15-9/h4-6H,14H2,1-3H3. The van der Waals surface area contributed by atoms with Crippen molar-refractivity contribution in [3.63, 3.8) is 0 Å². The summed E-state index contributed by atoms with van der Waals surface area (Å²) in [6, 6.07) is 7.23. The third-order valence-electron chi connectivity index (χ3n) is 2.37. The van der Waals surface area contributed by atoms with Crippen LogP contribution in [0.2, 0.25) is 0 Å². The maximum atomic E-state index is 8.81. The van der Waals surface area contributed by atoms with Crippen LogP contribution in [0.15, 0.2) is 28.4 Å². The van der Waals surface area contributed by atoms with Gasteiger partial charge >= 0.3 is 0 Å². The average molecular weight is 274 g/mol. The Bertz CT molecular complexity index is 634. The first-order valence-electron chi connectivity index (χ1n) is 5.68. The van der Waals surface area contributed by atoms with E-state index in [0.717, 1.165) is 0 Å². The van der Waals surface area contributed by atoms with Crippen LogP contribution in [0.25, 0.3) is 0 Å². The molecule has 0 aliphatic heterocycles. The summed E-state index contributed by atoms with van der Waals surface area (Å²) in [4.78, 5) is 4.16. The van der Waals surface area contributed by atoms with Gasteiger partial charge in [-0.1, -0.05) is 26.8 Å².